The molecule has 1 saturated carbocycles. The summed E-state index contributed by atoms with van der Waals surface area (Å²) in [6.45, 7) is 3.85. The number of halogens is 3. The molecule has 0 bridgehead atoms. The second-order valence-electron chi connectivity index (χ2n) is 8.05. The molecule has 4 rings (SSSR count). The molecule has 4 atom stereocenters. The van der Waals surface area contributed by atoms with Crippen LogP contribution >= 0.6 is 0 Å². The Labute approximate surface area is 159 Å². The molecule has 0 unspecified atom stereocenters. The van der Waals surface area contributed by atoms with Gasteiger partial charge in [0.2, 0.25) is 0 Å². The van der Waals surface area contributed by atoms with E-state index in [1.807, 2.05) is 18.2 Å². The van der Waals surface area contributed by atoms with E-state index in [-0.39, 0.29) is 11.7 Å². The fourth-order valence-electron chi connectivity index (χ4n) is 5.54. The first-order valence-electron chi connectivity index (χ1n) is 9.92. The fraction of sp³-hybridized carbons (Fsp3) is 0.417. The molecule has 2 aliphatic carbocycles. The van der Waals surface area contributed by atoms with Gasteiger partial charge in [0.25, 0.3) is 0 Å². The molecule has 27 heavy (non-hydrogen) atoms. The Morgan fingerprint density at radius 1 is 0.963 bits per heavy atom. The third-order valence-electron chi connectivity index (χ3n) is 6.65. The van der Waals surface area contributed by atoms with Crippen LogP contribution < -0.4 is 0 Å². The first-order valence-corrected chi connectivity index (χ1v) is 9.92. The lowest BCUT2D eigenvalue weighted by molar-refractivity contribution is 0.161. The van der Waals surface area contributed by atoms with Crippen LogP contribution in [0.3, 0.4) is 0 Å². The number of allylic oxidation sites excluding steroid dienone is 1. The smallest absolute Gasteiger partial charge is 0.129 e. The zero-order valence-electron chi connectivity index (χ0n) is 15.4. The Hall–Kier alpha value is -2.03. The SMILES string of the molecule is C=CCC[C@@H]1CC[C@H]2c3cc(F)cc(F)c3CC[C@@H]2[C@H]1c1ccc(F)cc1. The minimum atomic E-state index is -0.487. The molecule has 0 spiro atoms. The van der Waals surface area contributed by atoms with Crippen LogP contribution in [-0.2, 0) is 6.42 Å². The van der Waals surface area contributed by atoms with Gasteiger partial charge >= 0.3 is 0 Å². The highest BCUT2D eigenvalue weighted by Gasteiger charge is 2.43. The van der Waals surface area contributed by atoms with Crippen molar-refractivity contribution >= 4 is 0 Å². The van der Waals surface area contributed by atoms with Gasteiger partial charge in [0.15, 0.2) is 0 Å². The van der Waals surface area contributed by atoms with Crippen molar-refractivity contribution in [1.29, 1.82) is 0 Å². The molecule has 1 fully saturated rings. The summed E-state index contributed by atoms with van der Waals surface area (Å²) in [6, 6.07) is 9.39. The van der Waals surface area contributed by atoms with E-state index >= 15 is 0 Å². The zero-order valence-corrected chi connectivity index (χ0v) is 15.4. The Morgan fingerprint density at radius 2 is 1.74 bits per heavy atom. The van der Waals surface area contributed by atoms with Gasteiger partial charge in [-0.05, 0) is 97.1 Å². The molecule has 0 saturated heterocycles. The summed E-state index contributed by atoms with van der Waals surface area (Å²) in [5.74, 6) is 0.182. The zero-order chi connectivity index (χ0) is 19.0. The predicted molar refractivity (Wildman–Crippen MR) is 102 cm³/mol. The molecular weight excluding hydrogens is 345 g/mol. The summed E-state index contributed by atoms with van der Waals surface area (Å²) >= 11 is 0. The Morgan fingerprint density at radius 3 is 2.48 bits per heavy atom. The molecule has 0 aliphatic heterocycles. The van der Waals surface area contributed by atoms with E-state index in [4.69, 9.17) is 0 Å². The van der Waals surface area contributed by atoms with Crippen molar-refractivity contribution in [3.05, 3.63) is 83.2 Å². The minimum absolute atomic E-state index is 0.175. The van der Waals surface area contributed by atoms with Gasteiger partial charge in [0, 0.05) is 6.07 Å². The van der Waals surface area contributed by atoms with E-state index in [1.165, 1.54) is 12.1 Å². The Kier molecular flexibility index (Phi) is 5.12. The Bertz CT molecular complexity index is 824. The number of rotatable bonds is 4. The number of hydrogen-bond donors (Lipinski definition) is 0. The van der Waals surface area contributed by atoms with Crippen molar-refractivity contribution < 1.29 is 13.2 Å². The lowest BCUT2D eigenvalue weighted by atomic mass is 9.57. The van der Waals surface area contributed by atoms with Gasteiger partial charge in [-0.25, -0.2) is 13.2 Å². The van der Waals surface area contributed by atoms with E-state index in [2.05, 4.69) is 6.58 Å². The first-order chi connectivity index (χ1) is 13.1. The maximum atomic E-state index is 14.3. The number of benzene rings is 2. The van der Waals surface area contributed by atoms with Crippen LogP contribution in [0.15, 0.2) is 49.1 Å². The van der Waals surface area contributed by atoms with E-state index in [0.717, 1.165) is 49.3 Å². The van der Waals surface area contributed by atoms with Crippen molar-refractivity contribution in [3.63, 3.8) is 0 Å². The normalized spacial score (nSPS) is 26.9. The average Bonchev–Trinajstić information content (AvgIpc) is 2.66. The van der Waals surface area contributed by atoms with Gasteiger partial charge < -0.3 is 0 Å². The topological polar surface area (TPSA) is 0 Å². The average molecular weight is 370 g/mol. The van der Waals surface area contributed by atoms with Crippen LogP contribution in [0.4, 0.5) is 13.2 Å². The largest absolute Gasteiger partial charge is 0.207 e. The van der Waals surface area contributed by atoms with Crippen LogP contribution in [0.1, 0.15) is 60.6 Å². The molecule has 0 aromatic heterocycles. The van der Waals surface area contributed by atoms with Crippen molar-refractivity contribution in [3.8, 4) is 0 Å². The quantitative estimate of drug-likeness (QED) is 0.513. The molecule has 0 amide bonds. The highest BCUT2D eigenvalue weighted by atomic mass is 19.1. The van der Waals surface area contributed by atoms with Gasteiger partial charge in [0.1, 0.15) is 17.5 Å². The summed E-state index contributed by atoms with van der Waals surface area (Å²) < 4.78 is 41.7. The molecule has 0 N–H and O–H groups in total. The monoisotopic (exact) mass is 370 g/mol. The summed E-state index contributed by atoms with van der Waals surface area (Å²) in [4.78, 5) is 0. The van der Waals surface area contributed by atoms with Crippen LogP contribution in [0.25, 0.3) is 0 Å². The first kappa shape index (κ1) is 18.3. The number of hydrogen-bond acceptors (Lipinski definition) is 0. The van der Waals surface area contributed by atoms with E-state index in [9.17, 15) is 13.2 Å². The lowest BCUT2D eigenvalue weighted by Gasteiger charge is -2.47. The highest BCUT2D eigenvalue weighted by molar-refractivity contribution is 5.38. The van der Waals surface area contributed by atoms with Gasteiger partial charge in [-0.2, -0.15) is 0 Å². The third kappa shape index (κ3) is 3.44. The molecule has 2 aromatic carbocycles. The Balaban J connectivity index is 1.73. The molecule has 2 aliphatic rings. The van der Waals surface area contributed by atoms with Gasteiger partial charge in [-0.1, -0.05) is 18.2 Å². The lowest BCUT2D eigenvalue weighted by Crippen LogP contribution is -2.35. The summed E-state index contributed by atoms with van der Waals surface area (Å²) in [7, 11) is 0. The fourth-order valence-corrected chi connectivity index (χ4v) is 5.54. The molecule has 3 heteroatoms. The van der Waals surface area contributed by atoms with Crippen LogP contribution in [0.2, 0.25) is 0 Å². The standard InChI is InChI=1S/C24H25F3/c1-2-3-4-15-7-10-19-21(24(15)16-5-8-17(25)9-6-16)12-11-20-22(19)13-18(26)14-23(20)27/h2,5-6,8-9,13-15,19,21,24H,1,3-4,7,10-12H2/t15-,19-,21+,24-/m1/s1. The van der Waals surface area contributed by atoms with Crippen molar-refractivity contribution in [2.24, 2.45) is 11.8 Å². The highest BCUT2D eigenvalue weighted by Crippen LogP contribution is 2.55. The summed E-state index contributed by atoms with van der Waals surface area (Å²) in [5, 5.41) is 0. The molecular formula is C24H25F3. The van der Waals surface area contributed by atoms with Gasteiger partial charge in [-0.15, -0.1) is 6.58 Å². The van der Waals surface area contributed by atoms with E-state index in [0.29, 0.717) is 29.7 Å². The van der Waals surface area contributed by atoms with Gasteiger partial charge in [0.05, 0.1) is 0 Å². The van der Waals surface area contributed by atoms with Crippen LogP contribution in [0.5, 0.6) is 0 Å². The molecule has 0 nitrogen and oxygen atoms in total. The minimum Gasteiger partial charge on any atom is -0.207 e. The summed E-state index contributed by atoms with van der Waals surface area (Å²) in [5.41, 5.74) is 2.71. The third-order valence-corrected chi connectivity index (χ3v) is 6.65. The van der Waals surface area contributed by atoms with Crippen LogP contribution in [-0.4, -0.2) is 0 Å². The molecule has 2 aromatic rings. The van der Waals surface area contributed by atoms with E-state index < -0.39 is 11.6 Å². The van der Waals surface area contributed by atoms with E-state index in [1.54, 1.807) is 6.07 Å². The summed E-state index contributed by atoms with van der Waals surface area (Å²) in [6.07, 6.45) is 7.49. The molecule has 0 heterocycles. The molecule has 142 valence electrons. The molecule has 0 radical (unpaired) electrons. The van der Waals surface area contributed by atoms with Crippen LogP contribution in [0, 0.1) is 29.3 Å². The second kappa shape index (κ2) is 7.53. The van der Waals surface area contributed by atoms with Crippen molar-refractivity contribution in [2.45, 2.75) is 50.4 Å². The maximum absolute atomic E-state index is 14.3. The number of fused-ring (bicyclic) bond motifs is 3. The van der Waals surface area contributed by atoms with Crippen molar-refractivity contribution in [1.82, 2.24) is 0 Å². The van der Waals surface area contributed by atoms with Gasteiger partial charge in [-0.3, -0.25) is 0 Å². The maximum Gasteiger partial charge on any atom is 0.129 e. The van der Waals surface area contributed by atoms with Crippen molar-refractivity contribution in [2.75, 3.05) is 0 Å². The second-order valence-corrected chi connectivity index (χ2v) is 8.05. The predicted octanol–water partition coefficient (Wildman–Crippen LogP) is 6.91.